The molecule has 0 radical (unpaired) electrons. The molecule has 3 aromatic carbocycles. The summed E-state index contributed by atoms with van der Waals surface area (Å²) in [7, 11) is 3.59. The summed E-state index contributed by atoms with van der Waals surface area (Å²) in [5.41, 5.74) is 8.56. The lowest BCUT2D eigenvalue weighted by Gasteiger charge is -2.36. The smallest absolute Gasteiger partial charge is 0.350 e. The van der Waals surface area contributed by atoms with E-state index in [0.717, 1.165) is 56.0 Å². The highest BCUT2D eigenvalue weighted by Crippen LogP contribution is 2.38. The first-order chi connectivity index (χ1) is 30.3. The van der Waals surface area contributed by atoms with Gasteiger partial charge in [-0.3, -0.25) is 9.59 Å². The largest absolute Gasteiger partial charge is 0.395 e. The number of aromatic nitrogens is 2. The number of aryl methyl sites for hydroxylation is 4. The van der Waals surface area contributed by atoms with Gasteiger partial charge in [0.05, 0.1) is 36.8 Å². The average molecular weight is 839 g/mol. The van der Waals surface area contributed by atoms with Crippen LogP contribution < -0.4 is 18.9 Å². The van der Waals surface area contributed by atoms with E-state index < -0.39 is 0 Å². The van der Waals surface area contributed by atoms with E-state index >= 15 is 0 Å². The Balaban J connectivity index is 0.851. The predicted octanol–water partition coefficient (Wildman–Crippen LogP) is 6.91. The molecule has 322 valence electrons. The van der Waals surface area contributed by atoms with Crippen LogP contribution in [0.25, 0.3) is 0 Å². The number of hydrogen-bond donors (Lipinski definition) is 2. The van der Waals surface area contributed by atoms with Gasteiger partial charge in [-0.1, -0.05) is 6.07 Å². The van der Waals surface area contributed by atoms with Crippen molar-refractivity contribution in [2.75, 3.05) is 76.4 Å². The maximum atomic E-state index is 13.3. The zero-order chi connectivity index (χ0) is 43.3. The van der Waals surface area contributed by atoms with Crippen LogP contribution in [-0.2, 0) is 25.9 Å². The van der Waals surface area contributed by atoms with Crippen LogP contribution in [0.2, 0.25) is 0 Å². The Morgan fingerprint density at radius 1 is 0.645 bits per heavy atom. The SMILES string of the molecule is CN(CCC[n+]1cccc(/N=N/c2cc3c4c(c2)CCCN4CCC3)c1)C(=O)c1ccc(C(=O)N(C)CCC[n+]2ccccc2/N=N/c2ccc(N(CCO)CCO)cc2)cc1. The van der Waals surface area contributed by atoms with E-state index in [1.54, 1.807) is 48.2 Å². The van der Waals surface area contributed by atoms with E-state index in [1.165, 1.54) is 29.7 Å². The molecule has 0 saturated carbocycles. The number of nitrogens with zero attached hydrogens (tertiary/aromatic N) is 10. The van der Waals surface area contributed by atoms with E-state index in [1.807, 2.05) is 82.7 Å². The number of amides is 2. The third-order valence-corrected chi connectivity index (χ3v) is 11.5. The molecular formula is C48H58N10O4+2. The highest BCUT2D eigenvalue weighted by Gasteiger charge is 2.24. The molecule has 0 aliphatic carbocycles. The monoisotopic (exact) mass is 838 g/mol. The van der Waals surface area contributed by atoms with Crippen LogP contribution in [-0.4, -0.2) is 98.4 Å². The van der Waals surface area contributed by atoms with Gasteiger partial charge in [-0.05, 0) is 115 Å². The molecule has 2 aliphatic rings. The number of carbonyl (C=O) groups excluding carboxylic acids is 2. The lowest BCUT2D eigenvalue weighted by molar-refractivity contribution is -0.696. The van der Waals surface area contributed by atoms with Crippen LogP contribution in [0.1, 0.15) is 57.5 Å². The molecule has 0 saturated heterocycles. The molecule has 0 bridgehead atoms. The van der Waals surface area contributed by atoms with Crippen molar-refractivity contribution in [3.63, 3.8) is 0 Å². The fraction of sp³-hybridized carbons (Fsp3) is 0.375. The van der Waals surface area contributed by atoms with Gasteiger partial charge in [0.1, 0.15) is 17.9 Å². The summed E-state index contributed by atoms with van der Waals surface area (Å²) in [6.45, 7) is 5.62. The minimum absolute atomic E-state index is 0.00238. The number of carbonyl (C=O) groups is 2. The minimum atomic E-state index is -0.113. The van der Waals surface area contributed by atoms with E-state index in [9.17, 15) is 19.8 Å². The van der Waals surface area contributed by atoms with Gasteiger partial charge < -0.3 is 29.8 Å². The second-order valence-electron chi connectivity index (χ2n) is 15.9. The van der Waals surface area contributed by atoms with E-state index in [4.69, 9.17) is 0 Å². The Morgan fingerprint density at radius 2 is 1.24 bits per heavy atom. The minimum Gasteiger partial charge on any atom is -0.395 e. The molecular weight excluding hydrogens is 781 g/mol. The predicted molar refractivity (Wildman–Crippen MR) is 239 cm³/mol. The second kappa shape index (κ2) is 21.4. The Bertz CT molecular complexity index is 2310. The lowest BCUT2D eigenvalue weighted by Crippen LogP contribution is -2.36. The Kier molecular flexibility index (Phi) is 15.1. The van der Waals surface area contributed by atoms with Crippen LogP contribution in [0.5, 0.6) is 0 Å². The highest BCUT2D eigenvalue weighted by molar-refractivity contribution is 5.97. The van der Waals surface area contributed by atoms with Crippen LogP contribution in [0.3, 0.4) is 0 Å². The summed E-state index contributed by atoms with van der Waals surface area (Å²) in [5.74, 6) is 0.480. The summed E-state index contributed by atoms with van der Waals surface area (Å²) in [6, 6.07) is 28.5. The van der Waals surface area contributed by atoms with Crippen LogP contribution >= 0.6 is 0 Å². The maximum Gasteiger partial charge on any atom is 0.350 e. The Labute approximate surface area is 364 Å². The number of benzene rings is 3. The first kappa shape index (κ1) is 43.7. The number of azo groups is 2. The fourth-order valence-corrected chi connectivity index (χ4v) is 8.23. The molecule has 2 amide bonds. The molecule has 7 rings (SSSR count). The fourth-order valence-electron chi connectivity index (χ4n) is 8.23. The zero-order valence-electron chi connectivity index (χ0n) is 35.9. The van der Waals surface area contributed by atoms with Crippen LogP contribution in [0.15, 0.2) is 130 Å². The average Bonchev–Trinajstić information content (AvgIpc) is 3.30. The summed E-state index contributed by atoms with van der Waals surface area (Å²) >= 11 is 0. The standard InChI is InChI=1S/C48H58N10O4/c1-53(22-8-25-55-24-7-12-42(36-55)50-51-43-34-39-10-5-27-58-28-6-11-40(35-43)46(39)58)47(61)37-14-16-38(17-15-37)48(62)54(2)23-9-29-57-26-4-3-13-45(57)52-49-41-18-20-44(21-19-41)56(30-32-59)31-33-60/h3-4,7,12-21,24,26,34-36,59-60H,5-6,8-11,22-23,25,27-33H2,1-2H3/q+2/b51-50+. The van der Waals surface area contributed by atoms with Crippen molar-refractivity contribution in [2.45, 2.75) is 51.6 Å². The van der Waals surface area contributed by atoms with Gasteiger partial charge in [0, 0.05) is 101 Å². The first-order valence-electron chi connectivity index (χ1n) is 21.7. The van der Waals surface area contributed by atoms with E-state index in [2.05, 4.69) is 42.1 Å². The van der Waals surface area contributed by atoms with Gasteiger partial charge in [0.15, 0.2) is 12.4 Å². The number of aliphatic hydroxyl groups excluding tert-OH is 2. The number of aliphatic hydroxyl groups is 2. The summed E-state index contributed by atoms with van der Waals surface area (Å²) in [4.78, 5) is 34.5. The molecule has 2 aliphatic heterocycles. The van der Waals surface area contributed by atoms with Gasteiger partial charge >= 0.3 is 5.82 Å². The molecule has 0 unspecified atom stereocenters. The molecule has 5 aromatic rings. The van der Waals surface area contributed by atoms with Crippen molar-refractivity contribution < 1.29 is 28.9 Å². The Hall–Kier alpha value is -6.38. The van der Waals surface area contributed by atoms with Crippen LogP contribution in [0, 0.1) is 0 Å². The zero-order valence-corrected chi connectivity index (χ0v) is 35.9. The molecule has 2 N–H and O–H groups in total. The van der Waals surface area contributed by atoms with E-state index in [0.29, 0.717) is 61.8 Å². The normalized spacial score (nSPS) is 13.4. The molecule has 0 spiro atoms. The van der Waals surface area contributed by atoms with Gasteiger partial charge in [-0.2, -0.15) is 5.11 Å². The summed E-state index contributed by atoms with van der Waals surface area (Å²) < 4.78 is 4.08. The van der Waals surface area contributed by atoms with Crippen molar-refractivity contribution in [3.05, 3.63) is 132 Å². The highest BCUT2D eigenvalue weighted by atomic mass is 16.3. The van der Waals surface area contributed by atoms with Gasteiger partial charge in [-0.15, -0.1) is 5.11 Å². The maximum absolute atomic E-state index is 13.3. The number of pyridine rings is 2. The molecule has 14 heteroatoms. The summed E-state index contributed by atoms with van der Waals surface area (Å²) in [6.07, 6.45) is 12.0. The Morgan fingerprint density at radius 3 is 1.87 bits per heavy atom. The third kappa shape index (κ3) is 11.3. The van der Waals surface area contributed by atoms with Crippen molar-refractivity contribution in [1.82, 2.24) is 9.80 Å². The number of hydrogen-bond acceptors (Lipinski definition) is 10. The first-order valence-corrected chi connectivity index (χ1v) is 21.7. The lowest BCUT2D eigenvalue weighted by atomic mass is 9.91. The molecule has 2 aromatic heterocycles. The van der Waals surface area contributed by atoms with Crippen molar-refractivity contribution >= 4 is 46.1 Å². The molecule has 0 fully saturated rings. The third-order valence-electron chi connectivity index (χ3n) is 11.5. The van der Waals surface area contributed by atoms with Gasteiger partial charge in [0.25, 0.3) is 11.8 Å². The van der Waals surface area contributed by atoms with Crippen molar-refractivity contribution in [1.29, 1.82) is 0 Å². The molecule has 14 nitrogen and oxygen atoms in total. The molecule has 62 heavy (non-hydrogen) atoms. The summed E-state index contributed by atoms with van der Waals surface area (Å²) in [5, 5.41) is 36.8. The molecule has 0 atom stereocenters. The van der Waals surface area contributed by atoms with Gasteiger partial charge in [0.2, 0.25) is 0 Å². The number of anilines is 2. The topological polar surface area (TPSA) is 145 Å². The van der Waals surface area contributed by atoms with Gasteiger partial charge in [-0.25, -0.2) is 9.13 Å². The number of rotatable bonds is 19. The van der Waals surface area contributed by atoms with Crippen molar-refractivity contribution in [3.8, 4) is 0 Å². The molecule has 4 heterocycles. The van der Waals surface area contributed by atoms with Crippen molar-refractivity contribution in [2.24, 2.45) is 20.5 Å². The second-order valence-corrected chi connectivity index (χ2v) is 15.9. The quantitative estimate of drug-likeness (QED) is 0.0684. The van der Waals surface area contributed by atoms with E-state index in [-0.39, 0.29) is 25.0 Å². The van der Waals surface area contributed by atoms with Crippen LogP contribution in [0.4, 0.5) is 34.3 Å².